The number of ether oxygens (including phenoxy) is 1. The molecule has 1 fully saturated rings. The number of carbonyl (C=O) groups is 2. The molecule has 2 aromatic rings. The molecule has 1 saturated heterocycles. The minimum Gasteiger partial charge on any atom is -0.460 e. The topological polar surface area (TPSA) is 110 Å². The van der Waals surface area contributed by atoms with Gasteiger partial charge in [0.15, 0.2) is 0 Å². The van der Waals surface area contributed by atoms with E-state index in [1.807, 2.05) is 20.8 Å². The second kappa shape index (κ2) is 8.86. The SMILES string of the molecule is CCOC(=O)c1ccc(S(=O)(=O)N2CCN(C(=O)c3sc(C(C)C)nc3C)CC2)o1. The van der Waals surface area contributed by atoms with E-state index in [0.29, 0.717) is 10.6 Å². The normalized spacial score (nSPS) is 15.6. The summed E-state index contributed by atoms with van der Waals surface area (Å²) in [6.07, 6.45) is 0. The molecule has 2 aromatic heterocycles. The molecule has 1 aliphatic rings. The van der Waals surface area contributed by atoms with E-state index in [1.54, 1.807) is 11.8 Å². The van der Waals surface area contributed by atoms with E-state index in [-0.39, 0.29) is 55.5 Å². The van der Waals surface area contributed by atoms with Crippen LogP contribution in [-0.2, 0) is 14.8 Å². The average molecular weight is 456 g/mol. The first-order valence-corrected chi connectivity index (χ1v) is 11.9. The third-order valence-corrected chi connectivity index (χ3v) is 7.90. The first kappa shape index (κ1) is 22.4. The van der Waals surface area contributed by atoms with Crippen LogP contribution < -0.4 is 0 Å². The van der Waals surface area contributed by atoms with E-state index >= 15 is 0 Å². The molecule has 164 valence electrons. The van der Waals surface area contributed by atoms with Crippen molar-refractivity contribution in [3.8, 4) is 0 Å². The molecule has 9 nitrogen and oxygen atoms in total. The minimum atomic E-state index is -3.91. The van der Waals surface area contributed by atoms with Crippen molar-refractivity contribution >= 4 is 33.2 Å². The van der Waals surface area contributed by atoms with Gasteiger partial charge in [0.2, 0.25) is 10.9 Å². The summed E-state index contributed by atoms with van der Waals surface area (Å²) in [6.45, 7) is 8.48. The van der Waals surface area contributed by atoms with Gasteiger partial charge in [-0.2, -0.15) is 4.31 Å². The van der Waals surface area contributed by atoms with Crippen LogP contribution in [0.3, 0.4) is 0 Å². The number of hydrogen-bond donors (Lipinski definition) is 0. The van der Waals surface area contributed by atoms with E-state index in [4.69, 9.17) is 9.15 Å². The van der Waals surface area contributed by atoms with Gasteiger partial charge in [-0.15, -0.1) is 11.3 Å². The maximum Gasteiger partial charge on any atom is 0.374 e. The maximum absolute atomic E-state index is 12.9. The molecular formula is C19H25N3O6S2. The predicted octanol–water partition coefficient (Wildman–Crippen LogP) is 2.49. The fourth-order valence-electron chi connectivity index (χ4n) is 3.04. The second-order valence-corrected chi connectivity index (χ2v) is 10.1. The molecule has 0 atom stereocenters. The maximum atomic E-state index is 12.9. The van der Waals surface area contributed by atoms with Crippen molar-refractivity contribution in [3.63, 3.8) is 0 Å². The van der Waals surface area contributed by atoms with Crippen LogP contribution in [0, 0.1) is 6.92 Å². The number of sulfonamides is 1. The second-order valence-electron chi connectivity index (χ2n) is 7.16. The molecule has 0 N–H and O–H groups in total. The van der Waals surface area contributed by atoms with Gasteiger partial charge in [-0.05, 0) is 26.0 Å². The lowest BCUT2D eigenvalue weighted by atomic mass is 10.2. The predicted molar refractivity (Wildman–Crippen MR) is 110 cm³/mol. The van der Waals surface area contributed by atoms with Crippen molar-refractivity contribution < 1.29 is 27.2 Å². The highest BCUT2D eigenvalue weighted by Crippen LogP contribution is 2.27. The zero-order valence-corrected chi connectivity index (χ0v) is 19.0. The number of hydrogen-bond acceptors (Lipinski definition) is 8. The molecule has 0 saturated carbocycles. The highest BCUT2D eigenvalue weighted by Gasteiger charge is 2.34. The molecule has 0 bridgehead atoms. The number of thiazole rings is 1. The summed E-state index contributed by atoms with van der Waals surface area (Å²) in [4.78, 5) is 31.3. The number of carbonyl (C=O) groups excluding carboxylic acids is 2. The Hall–Kier alpha value is -2.24. The largest absolute Gasteiger partial charge is 0.460 e. The number of esters is 1. The molecule has 0 aliphatic carbocycles. The third kappa shape index (κ3) is 4.42. The standard InChI is InChI=1S/C19H25N3O6S2/c1-5-27-19(24)14-6-7-15(28-14)30(25,26)22-10-8-21(9-11-22)18(23)16-13(4)20-17(29-16)12(2)3/h6-7,12H,5,8-11H2,1-4H3. The number of furan rings is 1. The summed E-state index contributed by atoms with van der Waals surface area (Å²) in [7, 11) is -3.91. The van der Waals surface area contributed by atoms with Gasteiger partial charge in [-0.1, -0.05) is 13.8 Å². The molecule has 3 heterocycles. The van der Waals surface area contributed by atoms with Gasteiger partial charge >= 0.3 is 5.97 Å². The summed E-state index contributed by atoms with van der Waals surface area (Å²) in [5.74, 6) is -0.762. The molecule has 3 rings (SSSR count). The summed E-state index contributed by atoms with van der Waals surface area (Å²) < 4.78 is 36.9. The number of nitrogens with zero attached hydrogens (tertiary/aromatic N) is 3. The lowest BCUT2D eigenvalue weighted by Gasteiger charge is -2.33. The van der Waals surface area contributed by atoms with Crippen LogP contribution in [0.4, 0.5) is 0 Å². The van der Waals surface area contributed by atoms with Gasteiger partial charge in [0, 0.05) is 32.1 Å². The van der Waals surface area contributed by atoms with E-state index in [2.05, 4.69) is 4.98 Å². The quantitative estimate of drug-likeness (QED) is 0.616. The third-order valence-electron chi connectivity index (χ3n) is 4.68. The fraction of sp³-hybridized carbons (Fsp3) is 0.526. The molecule has 0 spiro atoms. The minimum absolute atomic E-state index is 0.128. The Balaban J connectivity index is 1.67. The number of aromatic nitrogens is 1. The molecule has 0 aromatic carbocycles. The van der Waals surface area contributed by atoms with E-state index < -0.39 is 16.0 Å². The van der Waals surface area contributed by atoms with Crippen LogP contribution >= 0.6 is 11.3 Å². The van der Waals surface area contributed by atoms with Gasteiger partial charge in [-0.25, -0.2) is 18.2 Å². The Labute approximate surface area is 179 Å². The van der Waals surface area contributed by atoms with Crippen LogP contribution in [0.2, 0.25) is 0 Å². The summed E-state index contributed by atoms with van der Waals surface area (Å²) in [5.41, 5.74) is 0.700. The lowest BCUT2D eigenvalue weighted by Crippen LogP contribution is -2.50. The lowest BCUT2D eigenvalue weighted by molar-refractivity contribution is 0.0483. The van der Waals surface area contributed by atoms with Gasteiger partial charge in [0.05, 0.1) is 17.3 Å². The van der Waals surface area contributed by atoms with Gasteiger partial charge < -0.3 is 14.1 Å². The number of rotatable bonds is 6. The van der Waals surface area contributed by atoms with Crippen LogP contribution in [0.1, 0.15) is 57.6 Å². The first-order chi connectivity index (χ1) is 14.1. The van der Waals surface area contributed by atoms with Gasteiger partial charge in [0.25, 0.3) is 15.9 Å². The van der Waals surface area contributed by atoms with Crippen molar-refractivity contribution in [3.05, 3.63) is 33.5 Å². The smallest absolute Gasteiger partial charge is 0.374 e. The molecule has 0 unspecified atom stereocenters. The zero-order chi connectivity index (χ0) is 22.1. The summed E-state index contributed by atoms with van der Waals surface area (Å²) in [6, 6.07) is 2.52. The van der Waals surface area contributed by atoms with E-state index in [9.17, 15) is 18.0 Å². The van der Waals surface area contributed by atoms with Crippen LogP contribution in [0.15, 0.2) is 21.6 Å². The molecule has 1 amide bonds. The van der Waals surface area contributed by atoms with E-state index in [0.717, 1.165) is 5.01 Å². The Morgan fingerprint density at radius 3 is 2.47 bits per heavy atom. The molecule has 30 heavy (non-hydrogen) atoms. The highest BCUT2D eigenvalue weighted by atomic mass is 32.2. The van der Waals surface area contributed by atoms with Crippen LogP contribution in [0.25, 0.3) is 0 Å². The molecule has 1 aliphatic heterocycles. The fourth-order valence-corrected chi connectivity index (χ4v) is 5.41. The number of amides is 1. The number of aryl methyl sites for hydroxylation is 1. The summed E-state index contributed by atoms with van der Waals surface area (Å²) >= 11 is 1.39. The van der Waals surface area contributed by atoms with Crippen molar-refractivity contribution in [2.45, 2.75) is 38.7 Å². The Bertz CT molecular complexity index is 1030. The molecular weight excluding hydrogens is 430 g/mol. The van der Waals surface area contributed by atoms with Gasteiger partial charge in [0.1, 0.15) is 4.88 Å². The summed E-state index contributed by atoms with van der Waals surface area (Å²) in [5, 5.41) is 0.595. The Kier molecular flexibility index (Phi) is 6.63. The van der Waals surface area contributed by atoms with E-state index in [1.165, 1.54) is 27.8 Å². The Morgan fingerprint density at radius 1 is 1.23 bits per heavy atom. The first-order valence-electron chi connectivity index (χ1n) is 9.68. The van der Waals surface area contributed by atoms with Gasteiger partial charge in [-0.3, -0.25) is 4.79 Å². The van der Waals surface area contributed by atoms with Crippen LogP contribution in [-0.4, -0.2) is 67.3 Å². The number of piperazine rings is 1. The Morgan fingerprint density at radius 2 is 1.90 bits per heavy atom. The van der Waals surface area contributed by atoms with Crippen molar-refractivity contribution in [2.75, 3.05) is 32.8 Å². The van der Waals surface area contributed by atoms with Crippen molar-refractivity contribution in [1.82, 2.24) is 14.2 Å². The average Bonchev–Trinajstić information content (AvgIpc) is 3.35. The highest BCUT2D eigenvalue weighted by molar-refractivity contribution is 7.89. The molecule has 11 heteroatoms. The van der Waals surface area contributed by atoms with Crippen molar-refractivity contribution in [2.24, 2.45) is 0 Å². The monoisotopic (exact) mass is 455 g/mol. The van der Waals surface area contributed by atoms with Crippen LogP contribution in [0.5, 0.6) is 0 Å². The van der Waals surface area contributed by atoms with Crippen molar-refractivity contribution in [1.29, 1.82) is 0 Å². The zero-order valence-electron chi connectivity index (χ0n) is 17.4. The molecule has 0 radical (unpaired) electrons.